The summed E-state index contributed by atoms with van der Waals surface area (Å²) >= 11 is 0. The zero-order chi connectivity index (χ0) is 13.7. The molecule has 0 radical (unpaired) electrons. The summed E-state index contributed by atoms with van der Waals surface area (Å²) in [5.74, 6) is -0.461. The van der Waals surface area contributed by atoms with Crippen molar-refractivity contribution >= 4 is 5.97 Å². The van der Waals surface area contributed by atoms with Gasteiger partial charge in [0.05, 0.1) is 17.7 Å². The molecule has 3 heteroatoms. The van der Waals surface area contributed by atoms with Crippen molar-refractivity contribution < 1.29 is 9.53 Å². The Kier molecular flexibility index (Phi) is 3.94. The molecule has 0 saturated carbocycles. The van der Waals surface area contributed by atoms with Crippen LogP contribution in [0.5, 0.6) is 0 Å². The summed E-state index contributed by atoms with van der Waals surface area (Å²) in [4.78, 5) is 11.8. The van der Waals surface area contributed by atoms with Crippen LogP contribution in [0, 0.1) is 11.3 Å². The van der Waals surface area contributed by atoms with Crippen LogP contribution in [0.3, 0.4) is 0 Å². The monoisotopic (exact) mass is 251 g/mol. The van der Waals surface area contributed by atoms with Crippen molar-refractivity contribution in [3.05, 3.63) is 59.7 Å². The number of esters is 1. The van der Waals surface area contributed by atoms with E-state index in [4.69, 9.17) is 4.74 Å². The Labute approximate surface area is 112 Å². The van der Waals surface area contributed by atoms with E-state index in [0.717, 1.165) is 11.1 Å². The minimum absolute atomic E-state index is 0.291. The maximum Gasteiger partial charge on any atom is 0.339 e. The predicted octanol–water partition coefficient (Wildman–Crippen LogP) is 3.40. The van der Waals surface area contributed by atoms with Gasteiger partial charge in [-0.1, -0.05) is 42.5 Å². The van der Waals surface area contributed by atoms with Gasteiger partial charge < -0.3 is 4.74 Å². The fourth-order valence-electron chi connectivity index (χ4n) is 1.91. The third-order valence-corrected chi connectivity index (χ3v) is 2.76. The van der Waals surface area contributed by atoms with Gasteiger partial charge in [-0.25, -0.2) is 4.79 Å². The summed E-state index contributed by atoms with van der Waals surface area (Å²) in [7, 11) is 0. The number of rotatable bonds is 3. The van der Waals surface area contributed by atoms with Gasteiger partial charge in [-0.2, -0.15) is 5.26 Å². The predicted molar refractivity (Wildman–Crippen MR) is 72.5 cm³/mol. The second-order valence-electron chi connectivity index (χ2n) is 3.93. The molecule has 0 bridgehead atoms. The first-order valence-corrected chi connectivity index (χ1v) is 6.03. The van der Waals surface area contributed by atoms with Crippen molar-refractivity contribution in [2.75, 3.05) is 6.61 Å². The summed E-state index contributed by atoms with van der Waals surface area (Å²) < 4.78 is 4.97. The van der Waals surface area contributed by atoms with Crippen LogP contribution in [-0.4, -0.2) is 12.6 Å². The first kappa shape index (κ1) is 12.8. The Morgan fingerprint density at radius 2 is 1.89 bits per heavy atom. The lowest BCUT2D eigenvalue weighted by Gasteiger charge is -2.08. The van der Waals surface area contributed by atoms with E-state index in [-0.39, 0.29) is 0 Å². The number of nitriles is 1. The minimum Gasteiger partial charge on any atom is -0.462 e. The molecule has 19 heavy (non-hydrogen) atoms. The molecule has 0 saturated heterocycles. The Morgan fingerprint density at radius 3 is 2.53 bits per heavy atom. The molecule has 0 atom stereocenters. The summed E-state index contributed by atoms with van der Waals surface area (Å²) in [6, 6.07) is 16.8. The van der Waals surface area contributed by atoms with E-state index in [2.05, 4.69) is 6.07 Å². The number of nitrogens with zero attached hydrogens (tertiary/aromatic N) is 1. The van der Waals surface area contributed by atoms with Crippen LogP contribution in [0.2, 0.25) is 0 Å². The Bertz CT molecular complexity index is 627. The molecule has 0 N–H and O–H groups in total. The number of carbonyl (C=O) groups excluding carboxylic acids is 1. The van der Waals surface area contributed by atoms with Gasteiger partial charge in [0.25, 0.3) is 0 Å². The summed E-state index contributed by atoms with van der Waals surface area (Å²) in [6.45, 7) is 2.03. The van der Waals surface area contributed by atoms with Crippen molar-refractivity contribution in [1.82, 2.24) is 0 Å². The first-order valence-electron chi connectivity index (χ1n) is 6.03. The molecule has 0 aliphatic rings. The van der Waals surface area contributed by atoms with E-state index in [1.165, 1.54) is 0 Å². The van der Waals surface area contributed by atoms with Crippen LogP contribution in [0.4, 0.5) is 0 Å². The SMILES string of the molecule is CCOC(=O)c1cccc(-c2ccccc2)c1C#N. The van der Waals surface area contributed by atoms with E-state index in [9.17, 15) is 10.1 Å². The molecule has 3 nitrogen and oxygen atoms in total. The molecule has 0 aromatic heterocycles. The normalized spacial score (nSPS) is 9.68. The quantitative estimate of drug-likeness (QED) is 0.785. The number of hydrogen-bond acceptors (Lipinski definition) is 3. The Balaban J connectivity index is 2.56. The standard InChI is InChI=1S/C16H13NO2/c1-2-19-16(18)14-10-6-9-13(15(14)11-17)12-7-4-3-5-8-12/h3-10H,2H2,1H3. The lowest BCUT2D eigenvalue weighted by atomic mass is 9.96. The van der Waals surface area contributed by atoms with Gasteiger partial charge in [-0.3, -0.25) is 0 Å². The van der Waals surface area contributed by atoms with E-state index in [1.54, 1.807) is 19.1 Å². The Hall–Kier alpha value is -2.60. The highest BCUT2D eigenvalue weighted by atomic mass is 16.5. The van der Waals surface area contributed by atoms with Crippen LogP contribution in [-0.2, 0) is 4.74 Å². The lowest BCUT2D eigenvalue weighted by Crippen LogP contribution is -2.07. The second kappa shape index (κ2) is 5.83. The molecule has 0 heterocycles. The highest BCUT2D eigenvalue weighted by molar-refractivity contribution is 5.95. The largest absolute Gasteiger partial charge is 0.462 e. The molecule has 2 rings (SSSR count). The maximum absolute atomic E-state index is 11.8. The van der Waals surface area contributed by atoms with Gasteiger partial charge in [-0.05, 0) is 18.6 Å². The third-order valence-electron chi connectivity index (χ3n) is 2.76. The van der Waals surface area contributed by atoms with E-state index in [0.29, 0.717) is 17.7 Å². The summed E-state index contributed by atoms with van der Waals surface area (Å²) in [5.41, 5.74) is 2.32. The van der Waals surface area contributed by atoms with E-state index < -0.39 is 5.97 Å². The summed E-state index contributed by atoms with van der Waals surface area (Å²) in [5, 5.41) is 9.32. The molecule has 0 aliphatic heterocycles. The number of carbonyl (C=O) groups is 1. The summed E-state index contributed by atoms with van der Waals surface area (Å²) in [6.07, 6.45) is 0. The average molecular weight is 251 g/mol. The number of benzene rings is 2. The van der Waals surface area contributed by atoms with Gasteiger partial charge in [0.15, 0.2) is 0 Å². The van der Waals surface area contributed by atoms with Gasteiger partial charge in [0, 0.05) is 5.56 Å². The van der Waals surface area contributed by atoms with Crippen molar-refractivity contribution in [2.24, 2.45) is 0 Å². The molecular weight excluding hydrogens is 238 g/mol. The average Bonchev–Trinajstić information content (AvgIpc) is 2.47. The van der Waals surface area contributed by atoms with Crippen LogP contribution in [0.25, 0.3) is 11.1 Å². The first-order chi connectivity index (χ1) is 9.27. The van der Waals surface area contributed by atoms with Crippen molar-refractivity contribution in [1.29, 1.82) is 5.26 Å². The molecule has 0 amide bonds. The maximum atomic E-state index is 11.8. The highest BCUT2D eigenvalue weighted by Crippen LogP contribution is 2.26. The number of ether oxygens (including phenoxy) is 1. The topological polar surface area (TPSA) is 50.1 Å². The second-order valence-corrected chi connectivity index (χ2v) is 3.93. The fourth-order valence-corrected chi connectivity index (χ4v) is 1.91. The smallest absolute Gasteiger partial charge is 0.339 e. The van der Waals surface area contributed by atoms with Crippen LogP contribution < -0.4 is 0 Å². The minimum atomic E-state index is -0.461. The van der Waals surface area contributed by atoms with Gasteiger partial charge >= 0.3 is 5.97 Å². The number of hydrogen-bond donors (Lipinski definition) is 0. The zero-order valence-electron chi connectivity index (χ0n) is 10.6. The molecule has 0 unspecified atom stereocenters. The van der Waals surface area contributed by atoms with Gasteiger partial charge in [0.2, 0.25) is 0 Å². The molecule has 94 valence electrons. The highest BCUT2D eigenvalue weighted by Gasteiger charge is 2.16. The van der Waals surface area contributed by atoms with E-state index >= 15 is 0 Å². The Morgan fingerprint density at radius 1 is 1.16 bits per heavy atom. The molecule has 0 fully saturated rings. The molecule has 2 aromatic rings. The third kappa shape index (κ3) is 2.63. The zero-order valence-corrected chi connectivity index (χ0v) is 10.6. The van der Waals surface area contributed by atoms with Gasteiger partial charge in [0.1, 0.15) is 6.07 Å². The lowest BCUT2D eigenvalue weighted by molar-refractivity contribution is 0.0526. The fraction of sp³-hybridized carbons (Fsp3) is 0.125. The van der Waals surface area contributed by atoms with Crippen molar-refractivity contribution in [3.8, 4) is 17.2 Å². The van der Waals surface area contributed by atoms with Crippen LogP contribution in [0.1, 0.15) is 22.8 Å². The molecule has 0 spiro atoms. The van der Waals surface area contributed by atoms with Crippen LogP contribution in [0.15, 0.2) is 48.5 Å². The van der Waals surface area contributed by atoms with Crippen molar-refractivity contribution in [3.63, 3.8) is 0 Å². The van der Waals surface area contributed by atoms with Crippen molar-refractivity contribution in [2.45, 2.75) is 6.92 Å². The van der Waals surface area contributed by atoms with E-state index in [1.807, 2.05) is 36.4 Å². The molecular formula is C16H13NO2. The van der Waals surface area contributed by atoms with Crippen LogP contribution >= 0.6 is 0 Å². The molecule has 0 aliphatic carbocycles. The molecule has 2 aromatic carbocycles. The van der Waals surface area contributed by atoms with Gasteiger partial charge in [-0.15, -0.1) is 0 Å².